The highest BCUT2D eigenvalue weighted by Crippen LogP contribution is 2.38. The second kappa shape index (κ2) is 57.6. The van der Waals surface area contributed by atoms with Gasteiger partial charge in [0.1, 0.15) is 19.8 Å². The van der Waals surface area contributed by atoms with Gasteiger partial charge < -0.3 is 27.9 Å². The molecule has 442 valence electrons. The van der Waals surface area contributed by atoms with Crippen molar-refractivity contribution >= 4 is 19.8 Å². The molecule has 2 unspecified atom stereocenters. The molecule has 0 bridgehead atoms. The van der Waals surface area contributed by atoms with Crippen molar-refractivity contribution in [2.75, 3.05) is 47.5 Å². The van der Waals surface area contributed by atoms with Crippen molar-refractivity contribution in [3.05, 3.63) is 146 Å². The van der Waals surface area contributed by atoms with E-state index in [-0.39, 0.29) is 26.1 Å². The quantitative estimate of drug-likeness (QED) is 0.0195. The Hall–Kier alpha value is -4.11. The molecule has 0 aliphatic rings. The Balaban J connectivity index is 4.12. The monoisotopic (exact) mass is 1100 g/mol. The number of rotatable bonds is 54. The molecule has 0 fully saturated rings. The number of phosphoric ester groups is 1. The molecule has 0 radical (unpaired) electrons. The zero-order valence-corrected chi connectivity index (χ0v) is 50.9. The van der Waals surface area contributed by atoms with E-state index < -0.39 is 32.5 Å². The van der Waals surface area contributed by atoms with Gasteiger partial charge in [0.05, 0.1) is 27.7 Å². The fourth-order valence-corrected chi connectivity index (χ4v) is 8.46. The van der Waals surface area contributed by atoms with Crippen molar-refractivity contribution in [3.63, 3.8) is 0 Å². The number of ether oxygens (including phenoxy) is 2. The van der Waals surface area contributed by atoms with E-state index in [9.17, 15) is 19.0 Å². The summed E-state index contributed by atoms with van der Waals surface area (Å²) in [5, 5.41) is 0. The second-order valence-corrected chi connectivity index (χ2v) is 22.4. The predicted molar refractivity (Wildman–Crippen MR) is 332 cm³/mol. The molecule has 0 amide bonds. The van der Waals surface area contributed by atoms with E-state index in [1.54, 1.807) is 0 Å². The minimum absolute atomic E-state index is 0.0464. The first-order valence-corrected chi connectivity index (χ1v) is 32.0. The molecule has 10 heteroatoms. The van der Waals surface area contributed by atoms with Gasteiger partial charge in [-0.3, -0.25) is 14.2 Å². The molecular formula is C68H112NO8P. The number of unbranched alkanes of at least 4 members (excludes halogenated alkanes) is 16. The van der Waals surface area contributed by atoms with Crippen LogP contribution in [-0.2, 0) is 32.7 Å². The van der Waals surface area contributed by atoms with Crippen molar-refractivity contribution in [3.8, 4) is 0 Å². The Morgan fingerprint density at radius 2 is 0.705 bits per heavy atom. The summed E-state index contributed by atoms with van der Waals surface area (Å²) >= 11 is 0. The highest BCUT2D eigenvalue weighted by atomic mass is 31.2. The lowest BCUT2D eigenvalue weighted by Crippen LogP contribution is -2.37. The second-order valence-electron chi connectivity index (χ2n) is 20.9. The van der Waals surface area contributed by atoms with Gasteiger partial charge >= 0.3 is 11.9 Å². The van der Waals surface area contributed by atoms with Crippen LogP contribution >= 0.6 is 7.82 Å². The summed E-state index contributed by atoms with van der Waals surface area (Å²) in [5.41, 5.74) is 0. The third kappa shape index (κ3) is 61.1. The van der Waals surface area contributed by atoms with Gasteiger partial charge in [-0.1, -0.05) is 243 Å². The number of quaternary nitrogens is 1. The highest BCUT2D eigenvalue weighted by Gasteiger charge is 2.21. The first kappa shape index (κ1) is 73.9. The van der Waals surface area contributed by atoms with E-state index in [0.717, 1.165) is 103 Å². The molecule has 0 aliphatic carbocycles. The Bertz CT molecular complexity index is 1820. The predicted octanol–water partition coefficient (Wildman–Crippen LogP) is 18.8. The van der Waals surface area contributed by atoms with Gasteiger partial charge in [0.15, 0.2) is 6.10 Å². The maximum Gasteiger partial charge on any atom is 0.306 e. The highest BCUT2D eigenvalue weighted by molar-refractivity contribution is 7.45. The number of likely N-dealkylation sites (N-methyl/N-ethyl adjacent to an activating group) is 1. The van der Waals surface area contributed by atoms with E-state index in [1.807, 2.05) is 21.1 Å². The zero-order valence-electron chi connectivity index (χ0n) is 50.1. The third-order valence-electron chi connectivity index (χ3n) is 12.4. The van der Waals surface area contributed by atoms with Crippen molar-refractivity contribution in [2.24, 2.45) is 0 Å². The van der Waals surface area contributed by atoms with E-state index in [2.05, 4.69) is 160 Å². The molecule has 0 rings (SSSR count). The van der Waals surface area contributed by atoms with E-state index >= 15 is 0 Å². The van der Waals surface area contributed by atoms with Crippen molar-refractivity contribution in [1.29, 1.82) is 0 Å². The standard InChI is InChI=1S/C68H112NO8P/c1-6-8-10-12-14-16-18-20-22-24-25-26-27-28-29-30-31-32-33-34-35-36-37-38-39-40-41-42-43-45-47-49-51-53-55-57-59-61-68(71)77-66(65-76-78(72,73)75-63-62-69(3,4)5)64-74-67(70)60-58-56-54-52-50-48-46-44-23-21-19-17-15-13-11-9-7-2/h8-11,14-17,20-23,25-26,28-29,31-32,34-35,46,48,52,54,66H,6-7,12-13,18-19,24,27,30,33,36-45,47,49-51,53,55-65H2,1-5H3/b10-8-,11-9-,16-14-,17-15-,22-20-,23-21-,26-25-,29-28-,32-31-,35-34-,48-46-,54-52-. The topological polar surface area (TPSA) is 111 Å². The van der Waals surface area contributed by atoms with Crippen LogP contribution < -0.4 is 4.89 Å². The lowest BCUT2D eigenvalue weighted by molar-refractivity contribution is -0.870. The molecule has 0 spiro atoms. The summed E-state index contributed by atoms with van der Waals surface area (Å²) in [4.78, 5) is 37.8. The summed E-state index contributed by atoms with van der Waals surface area (Å²) in [6.45, 7) is 3.93. The first-order valence-electron chi connectivity index (χ1n) is 30.5. The van der Waals surface area contributed by atoms with Crippen LogP contribution in [-0.4, -0.2) is 70.0 Å². The number of hydrogen-bond donors (Lipinski definition) is 0. The van der Waals surface area contributed by atoms with Gasteiger partial charge in [0.2, 0.25) is 0 Å². The van der Waals surface area contributed by atoms with Crippen LogP contribution in [0.25, 0.3) is 0 Å². The van der Waals surface area contributed by atoms with Crippen LogP contribution in [0.5, 0.6) is 0 Å². The molecule has 0 N–H and O–H groups in total. The molecule has 9 nitrogen and oxygen atoms in total. The van der Waals surface area contributed by atoms with Gasteiger partial charge in [-0.05, 0) is 109 Å². The van der Waals surface area contributed by atoms with Gasteiger partial charge in [-0.25, -0.2) is 0 Å². The molecule has 0 saturated heterocycles. The Morgan fingerprint density at radius 1 is 0.397 bits per heavy atom. The normalized spacial score (nSPS) is 14.3. The summed E-state index contributed by atoms with van der Waals surface area (Å²) < 4.78 is 34.1. The molecule has 0 aromatic heterocycles. The summed E-state index contributed by atoms with van der Waals surface area (Å²) in [7, 11) is 1.12. The third-order valence-corrected chi connectivity index (χ3v) is 13.3. The van der Waals surface area contributed by atoms with Crippen LogP contribution in [0, 0.1) is 0 Å². The molecule has 0 heterocycles. The summed E-state index contributed by atoms with van der Waals surface area (Å²) in [6, 6.07) is 0. The zero-order chi connectivity index (χ0) is 57.0. The SMILES string of the molecule is CC/C=C\C/C=C\C/C=C\C/C=C\C/C=C\C/C=C\C/C=C\CCCCCCCCCCCCCCCCCC(=O)OC(COC(=O)CCC/C=C\C/C=C\C/C=C\C/C=C\C/C=C\CC)COP(=O)([O-])OCC[N+](C)(C)C. The van der Waals surface area contributed by atoms with E-state index in [0.29, 0.717) is 23.9 Å². The van der Waals surface area contributed by atoms with Crippen LogP contribution in [0.4, 0.5) is 0 Å². The van der Waals surface area contributed by atoms with E-state index in [4.69, 9.17) is 18.5 Å². The molecular weight excluding hydrogens is 990 g/mol. The lowest BCUT2D eigenvalue weighted by atomic mass is 10.0. The average Bonchev–Trinajstić information content (AvgIpc) is 3.41. The van der Waals surface area contributed by atoms with E-state index in [1.165, 1.54) is 77.0 Å². The molecule has 0 aliphatic heterocycles. The van der Waals surface area contributed by atoms with Crippen LogP contribution in [0.2, 0.25) is 0 Å². The van der Waals surface area contributed by atoms with Crippen molar-refractivity contribution in [2.45, 2.75) is 225 Å². The number of carbonyl (C=O) groups excluding carboxylic acids is 2. The van der Waals surface area contributed by atoms with Gasteiger partial charge in [-0.2, -0.15) is 0 Å². The van der Waals surface area contributed by atoms with Crippen LogP contribution in [0.15, 0.2) is 146 Å². The molecule has 0 aromatic carbocycles. The number of hydrogen-bond acceptors (Lipinski definition) is 8. The maximum atomic E-state index is 12.8. The summed E-state index contributed by atoms with van der Waals surface area (Å²) in [5.74, 6) is -0.910. The largest absolute Gasteiger partial charge is 0.756 e. The summed E-state index contributed by atoms with van der Waals surface area (Å²) in [6.07, 6.45) is 84.9. The van der Waals surface area contributed by atoms with Crippen LogP contribution in [0.3, 0.4) is 0 Å². The Kier molecular flexibility index (Phi) is 54.5. The van der Waals surface area contributed by atoms with Gasteiger partial charge in [0.25, 0.3) is 7.82 Å². The Morgan fingerprint density at radius 3 is 1.06 bits per heavy atom. The number of carbonyl (C=O) groups is 2. The molecule has 0 aromatic rings. The molecule has 0 saturated carbocycles. The van der Waals surface area contributed by atoms with Gasteiger partial charge in [-0.15, -0.1) is 0 Å². The molecule has 78 heavy (non-hydrogen) atoms. The maximum absolute atomic E-state index is 12.8. The number of esters is 2. The first-order chi connectivity index (χ1) is 38.0. The fraction of sp³-hybridized carbons (Fsp3) is 0.618. The minimum Gasteiger partial charge on any atom is -0.756 e. The number of nitrogens with zero attached hydrogens (tertiary/aromatic N) is 1. The fourth-order valence-electron chi connectivity index (χ4n) is 7.73. The van der Waals surface area contributed by atoms with Gasteiger partial charge in [0, 0.05) is 12.8 Å². The van der Waals surface area contributed by atoms with Crippen LogP contribution in [0.1, 0.15) is 219 Å². The Labute approximate surface area is 478 Å². The lowest BCUT2D eigenvalue weighted by Gasteiger charge is -2.28. The van der Waals surface area contributed by atoms with Crippen molar-refractivity contribution < 1.29 is 42.1 Å². The van der Waals surface area contributed by atoms with Crippen molar-refractivity contribution in [1.82, 2.24) is 0 Å². The number of phosphoric acid groups is 1. The molecule has 2 atom stereocenters. The number of allylic oxidation sites excluding steroid dienone is 24. The smallest absolute Gasteiger partial charge is 0.306 e. The minimum atomic E-state index is -4.66. The average molecular weight is 1100 g/mol.